The standard InChI is InChI=1S/C19H23FN4O/c1-2-5-18(25)24-11-4-6-14(13-24)17-9-10-21-19(23-17)22-16-8-3-7-15(20)12-16/h3,7-10,12,14H,2,4-6,11,13H2,1H3,(H,21,22,23)/t14-/m0/s1. The molecule has 0 saturated carbocycles. The highest BCUT2D eigenvalue weighted by Crippen LogP contribution is 2.27. The summed E-state index contributed by atoms with van der Waals surface area (Å²) in [6, 6.07) is 8.11. The van der Waals surface area contributed by atoms with Gasteiger partial charge in [-0.1, -0.05) is 13.0 Å². The van der Waals surface area contributed by atoms with Gasteiger partial charge in [0, 0.05) is 37.3 Å². The van der Waals surface area contributed by atoms with Gasteiger partial charge in [-0.3, -0.25) is 4.79 Å². The lowest BCUT2D eigenvalue weighted by Crippen LogP contribution is -2.39. The van der Waals surface area contributed by atoms with Crippen molar-refractivity contribution in [2.45, 2.75) is 38.5 Å². The van der Waals surface area contributed by atoms with E-state index in [4.69, 9.17) is 0 Å². The topological polar surface area (TPSA) is 58.1 Å². The Hall–Kier alpha value is -2.50. The number of piperidine rings is 1. The molecule has 1 fully saturated rings. The zero-order valence-corrected chi connectivity index (χ0v) is 14.4. The molecule has 5 nitrogen and oxygen atoms in total. The predicted octanol–water partition coefficient (Wildman–Crippen LogP) is 3.87. The third kappa shape index (κ3) is 4.53. The summed E-state index contributed by atoms with van der Waals surface area (Å²) in [5.41, 5.74) is 1.53. The van der Waals surface area contributed by atoms with E-state index in [0.717, 1.165) is 31.5 Å². The number of carbonyl (C=O) groups is 1. The highest BCUT2D eigenvalue weighted by atomic mass is 19.1. The van der Waals surface area contributed by atoms with Crippen LogP contribution >= 0.6 is 0 Å². The maximum atomic E-state index is 13.3. The van der Waals surface area contributed by atoms with Gasteiger partial charge in [0.05, 0.1) is 5.69 Å². The Morgan fingerprint density at radius 2 is 2.28 bits per heavy atom. The number of hydrogen-bond donors (Lipinski definition) is 1. The maximum Gasteiger partial charge on any atom is 0.227 e. The first kappa shape index (κ1) is 17.3. The fourth-order valence-corrected chi connectivity index (χ4v) is 3.17. The van der Waals surface area contributed by atoms with E-state index in [9.17, 15) is 9.18 Å². The van der Waals surface area contributed by atoms with Crippen molar-refractivity contribution in [1.82, 2.24) is 14.9 Å². The number of benzene rings is 1. The fourth-order valence-electron chi connectivity index (χ4n) is 3.17. The lowest BCUT2D eigenvalue weighted by Gasteiger charge is -2.32. The van der Waals surface area contributed by atoms with Crippen LogP contribution in [0.5, 0.6) is 0 Å². The highest BCUT2D eigenvalue weighted by molar-refractivity contribution is 5.76. The SMILES string of the molecule is CCCC(=O)N1CCC[C@H](c2ccnc(Nc3cccc(F)c3)n2)C1. The first-order chi connectivity index (χ1) is 12.2. The van der Waals surface area contributed by atoms with Gasteiger partial charge in [0.25, 0.3) is 0 Å². The average molecular weight is 342 g/mol. The second-order valence-electron chi connectivity index (χ2n) is 6.37. The van der Waals surface area contributed by atoms with Gasteiger partial charge in [0.1, 0.15) is 5.82 Å². The molecule has 1 aromatic carbocycles. The molecule has 1 N–H and O–H groups in total. The van der Waals surface area contributed by atoms with E-state index in [1.54, 1.807) is 18.3 Å². The van der Waals surface area contributed by atoms with Gasteiger partial charge in [-0.2, -0.15) is 0 Å². The van der Waals surface area contributed by atoms with Gasteiger partial charge < -0.3 is 10.2 Å². The number of hydrogen-bond acceptors (Lipinski definition) is 4. The molecule has 0 spiro atoms. The van der Waals surface area contributed by atoms with Crippen LogP contribution < -0.4 is 5.32 Å². The predicted molar refractivity (Wildman–Crippen MR) is 95.2 cm³/mol. The van der Waals surface area contributed by atoms with Crippen LogP contribution in [0, 0.1) is 5.82 Å². The number of nitrogens with zero attached hydrogens (tertiary/aromatic N) is 3. The van der Waals surface area contributed by atoms with Crippen LogP contribution in [0.4, 0.5) is 16.0 Å². The second-order valence-corrected chi connectivity index (χ2v) is 6.37. The number of likely N-dealkylation sites (tertiary alicyclic amines) is 1. The third-order valence-corrected chi connectivity index (χ3v) is 4.41. The Labute approximate surface area is 147 Å². The zero-order valence-electron chi connectivity index (χ0n) is 14.4. The van der Waals surface area contributed by atoms with Gasteiger partial charge in [0.15, 0.2) is 0 Å². The molecule has 1 aliphatic heterocycles. The molecule has 1 saturated heterocycles. The smallest absolute Gasteiger partial charge is 0.227 e. The molecule has 1 amide bonds. The minimum Gasteiger partial charge on any atom is -0.342 e. The van der Waals surface area contributed by atoms with E-state index < -0.39 is 0 Å². The van der Waals surface area contributed by atoms with E-state index in [0.29, 0.717) is 24.6 Å². The molecular weight excluding hydrogens is 319 g/mol. The van der Waals surface area contributed by atoms with Crippen molar-refractivity contribution in [2.24, 2.45) is 0 Å². The monoisotopic (exact) mass is 342 g/mol. The third-order valence-electron chi connectivity index (χ3n) is 4.41. The number of rotatable bonds is 5. The Balaban J connectivity index is 1.71. The van der Waals surface area contributed by atoms with E-state index >= 15 is 0 Å². The Bertz CT molecular complexity index is 737. The largest absolute Gasteiger partial charge is 0.342 e. The fraction of sp³-hybridized carbons (Fsp3) is 0.421. The number of amides is 1. The van der Waals surface area contributed by atoms with Crippen LogP contribution in [0.3, 0.4) is 0 Å². The normalized spacial score (nSPS) is 17.4. The number of carbonyl (C=O) groups excluding carboxylic acids is 1. The van der Waals surface area contributed by atoms with Crippen molar-refractivity contribution in [1.29, 1.82) is 0 Å². The van der Waals surface area contributed by atoms with E-state index in [1.165, 1.54) is 12.1 Å². The maximum absolute atomic E-state index is 13.3. The molecule has 1 aliphatic rings. The molecule has 2 aromatic rings. The summed E-state index contributed by atoms with van der Waals surface area (Å²) in [6.45, 7) is 3.55. The molecule has 132 valence electrons. The summed E-state index contributed by atoms with van der Waals surface area (Å²) in [5, 5.41) is 3.04. The van der Waals surface area contributed by atoms with Gasteiger partial charge >= 0.3 is 0 Å². The van der Waals surface area contributed by atoms with Crippen LogP contribution in [-0.2, 0) is 4.79 Å². The van der Waals surface area contributed by atoms with Crippen molar-refractivity contribution in [3.63, 3.8) is 0 Å². The van der Waals surface area contributed by atoms with Crippen LogP contribution in [0.15, 0.2) is 36.5 Å². The van der Waals surface area contributed by atoms with Gasteiger partial charge in [-0.15, -0.1) is 0 Å². The van der Waals surface area contributed by atoms with Crippen molar-refractivity contribution >= 4 is 17.5 Å². The molecule has 1 atom stereocenters. The van der Waals surface area contributed by atoms with E-state index in [-0.39, 0.29) is 17.6 Å². The highest BCUT2D eigenvalue weighted by Gasteiger charge is 2.25. The zero-order chi connectivity index (χ0) is 17.6. The Morgan fingerprint density at radius 1 is 1.40 bits per heavy atom. The van der Waals surface area contributed by atoms with E-state index in [1.807, 2.05) is 17.9 Å². The van der Waals surface area contributed by atoms with Crippen molar-refractivity contribution in [2.75, 3.05) is 18.4 Å². The van der Waals surface area contributed by atoms with Gasteiger partial charge in [-0.25, -0.2) is 14.4 Å². The molecule has 0 bridgehead atoms. The molecule has 0 radical (unpaired) electrons. The van der Waals surface area contributed by atoms with Crippen LogP contribution in [0.2, 0.25) is 0 Å². The first-order valence-corrected chi connectivity index (χ1v) is 8.79. The number of halogens is 1. The van der Waals surface area contributed by atoms with Crippen molar-refractivity contribution in [3.05, 3.63) is 48.0 Å². The molecule has 3 rings (SSSR count). The molecule has 2 heterocycles. The summed E-state index contributed by atoms with van der Waals surface area (Å²) in [5.74, 6) is 0.573. The molecule has 6 heteroatoms. The molecule has 25 heavy (non-hydrogen) atoms. The number of nitrogens with one attached hydrogen (secondary N) is 1. The summed E-state index contributed by atoms with van der Waals surface area (Å²) >= 11 is 0. The lowest BCUT2D eigenvalue weighted by atomic mass is 9.94. The van der Waals surface area contributed by atoms with Gasteiger partial charge in [-0.05, 0) is 43.5 Å². The van der Waals surface area contributed by atoms with Crippen LogP contribution in [0.25, 0.3) is 0 Å². The lowest BCUT2D eigenvalue weighted by molar-refractivity contribution is -0.132. The number of aromatic nitrogens is 2. The van der Waals surface area contributed by atoms with Crippen molar-refractivity contribution < 1.29 is 9.18 Å². The summed E-state index contributed by atoms with van der Waals surface area (Å²) in [6.07, 6.45) is 5.16. The summed E-state index contributed by atoms with van der Waals surface area (Å²) < 4.78 is 13.3. The summed E-state index contributed by atoms with van der Waals surface area (Å²) in [7, 11) is 0. The molecular formula is C19H23FN4O. The Morgan fingerprint density at radius 3 is 3.08 bits per heavy atom. The molecule has 0 unspecified atom stereocenters. The quantitative estimate of drug-likeness (QED) is 0.896. The minimum absolute atomic E-state index is 0.214. The second kappa shape index (κ2) is 8.05. The number of anilines is 2. The Kier molecular flexibility index (Phi) is 5.58. The molecule has 0 aliphatic carbocycles. The van der Waals surface area contributed by atoms with Crippen LogP contribution in [-0.4, -0.2) is 33.9 Å². The van der Waals surface area contributed by atoms with Gasteiger partial charge in [0.2, 0.25) is 11.9 Å². The first-order valence-electron chi connectivity index (χ1n) is 8.79. The van der Waals surface area contributed by atoms with Crippen molar-refractivity contribution in [3.8, 4) is 0 Å². The molecule has 1 aromatic heterocycles. The minimum atomic E-state index is -0.307. The summed E-state index contributed by atoms with van der Waals surface area (Å²) in [4.78, 5) is 22.9. The van der Waals surface area contributed by atoms with Crippen LogP contribution in [0.1, 0.15) is 44.2 Å². The average Bonchev–Trinajstić information content (AvgIpc) is 2.62. The van der Waals surface area contributed by atoms with E-state index in [2.05, 4.69) is 15.3 Å².